The number of hydrogen-bond donors (Lipinski definition) is 2. The lowest BCUT2D eigenvalue weighted by atomic mass is 10.3. The van der Waals surface area contributed by atoms with Crippen LogP contribution in [0.4, 0.5) is 11.4 Å². The molecule has 23 heavy (non-hydrogen) atoms. The van der Waals surface area contributed by atoms with Crippen LogP contribution in [-0.2, 0) is 9.59 Å². The summed E-state index contributed by atoms with van der Waals surface area (Å²) < 4.78 is 5.09. The van der Waals surface area contributed by atoms with Gasteiger partial charge in [0.1, 0.15) is 5.75 Å². The smallest absolute Gasteiger partial charge is 0.314 e. The lowest BCUT2D eigenvalue weighted by Crippen LogP contribution is -2.29. The van der Waals surface area contributed by atoms with Crippen molar-refractivity contribution < 1.29 is 14.3 Å². The fraction of sp³-hybridized carbons (Fsp3) is 0.0667. The van der Waals surface area contributed by atoms with Gasteiger partial charge in [0.15, 0.2) is 0 Å². The highest BCUT2D eigenvalue weighted by Crippen LogP contribution is 2.28. The topological polar surface area (TPSA) is 67.4 Å². The molecule has 2 rings (SSSR count). The number of halogens is 3. The lowest BCUT2D eigenvalue weighted by molar-refractivity contribution is -0.133. The molecule has 2 amide bonds. The van der Waals surface area contributed by atoms with Gasteiger partial charge in [-0.25, -0.2) is 0 Å². The van der Waals surface area contributed by atoms with Crippen molar-refractivity contribution in [3.8, 4) is 5.75 Å². The van der Waals surface area contributed by atoms with Crippen LogP contribution in [-0.4, -0.2) is 18.9 Å². The molecule has 2 aromatic rings. The summed E-state index contributed by atoms with van der Waals surface area (Å²) in [6.07, 6.45) is 0. The van der Waals surface area contributed by atoms with E-state index in [2.05, 4.69) is 10.6 Å². The van der Waals surface area contributed by atoms with Crippen molar-refractivity contribution in [1.29, 1.82) is 0 Å². The van der Waals surface area contributed by atoms with Gasteiger partial charge < -0.3 is 15.4 Å². The number of hydrogen-bond acceptors (Lipinski definition) is 3. The summed E-state index contributed by atoms with van der Waals surface area (Å²) in [4.78, 5) is 24.0. The maximum atomic E-state index is 12.0. The molecule has 0 atom stereocenters. The number of nitrogens with one attached hydrogen (secondary N) is 2. The van der Waals surface area contributed by atoms with Crippen molar-refractivity contribution in [2.24, 2.45) is 0 Å². The molecule has 0 unspecified atom stereocenters. The van der Waals surface area contributed by atoms with Crippen LogP contribution >= 0.6 is 34.8 Å². The third-order valence-corrected chi connectivity index (χ3v) is 3.59. The molecule has 0 aliphatic heterocycles. The van der Waals surface area contributed by atoms with Gasteiger partial charge in [0.05, 0.1) is 23.5 Å². The molecule has 0 saturated heterocycles. The van der Waals surface area contributed by atoms with Gasteiger partial charge in [-0.2, -0.15) is 0 Å². The number of carbonyl (C=O) groups excluding carboxylic acids is 2. The van der Waals surface area contributed by atoms with E-state index < -0.39 is 11.8 Å². The summed E-state index contributed by atoms with van der Waals surface area (Å²) in [5, 5.41) is 5.83. The third kappa shape index (κ3) is 4.51. The Balaban J connectivity index is 2.13. The summed E-state index contributed by atoms with van der Waals surface area (Å²) in [5.74, 6) is -1.44. The van der Waals surface area contributed by atoms with E-state index in [0.717, 1.165) is 0 Å². The normalized spacial score (nSPS) is 10.1. The summed E-state index contributed by atoms with van der Waals surface area (Å²) >= 11 is 17.6. The van der Waals surface area contributed by atoms with Crippen LogP contribution in [0, 0.1) is 0 Å². The fourth-order valence-corrected chi connectivity index (χ4v) is 2.24. The van der Waals surface area contributed by atoms with Gasteiger partial charge in [-0.1, -0.05) is 34.8 Å². The Morgan fingerprint density at radius 3 is 2.00 bits per heavy atom. The van der Waals surface area contributed by atoms with E-state index in [4.69, 9.17) is 39.5 Å². The second-order valence-corrected chi connectivity index (χ2v) is 5.66. The molecule has 0 heterocycles. The average molecular weight is 374 g/mol. The minimum atomic E-state index is -0.906. The van der Waals surface area contributed by atoms with Crippen molar-refractivity contribution in [3.05, 3.63) is 51.5 Å². The van der Waals surface area contributed by atoms with E-state index in [0.29, 0.717) is 15.8 Å². The van der Waals surface area contributed by atoms with Crippen molar-refractivity contribution in [2.75, 3.05) is 17.7 Å². The van der Waals surface area contributed by atoms with E-state index in [1.54, 1.807) is 18.2 Å². The number of anilines is 2. The Hall–Kier alpha value is -1.95. The van der Waals surface area contributed by atoms with Gasteiger partial charge in [0, 0.05) is 10.0 Å². The van der Waals surface area contributed by atoms with E-state index >= 15 is 0 Å². The highest BCUT2D eigenvalue weighted by Gasteiger charge is 2.17. The predicted molar refractivity (Wildman–Crippen MR) is 91.7 cm³/mol. The summed E-state index contributed by atoms with van der Waals surface area (Å²) in [6.45, 7) is 0. The molecule has 5 nitrogen and oxygen atoms in total. The molecule has 0 bridgehead atoms. The van der Waals surface area contributed by atoms with Crippen LogP contribution in [0.15, 0.2) is 36.4 Å². The Morgan fingerprint density at radius 1 is 0.870 bits per heavy atom. The quantitative estimate of drug-likeness (QED) is 0.791. The molecule has 8 heteroatoms. The second kappa shape index (κ2) is 7.55. The molecule has 0 aromatic heterocycles. The molecule has 0 radical (unpaired) electrons. The first-order chi connectivity index (χ1) is 10.9. The number of amides is 2. The van der Waals surface area contributed by atoms with Crippen LogP contribution in [0.5, 0.6) is 5.75 Å². The molecular formula is C15H11Cl3N2O3. The molecule has 0 fully saturated rings. The first-order valence-corrected chi connectivity index (χ1v) is 7.45. The van der Waals surface area contributed by atoms with E-state index in [-0.39, 0.29) is 16.4 Å². The zero-order valence-corrected chi connectivity index (χ0v) is 14.1. The van der Waals surface area contributed by atoms with Crippen molar-refractivity contribution in [1.82, 2.24) is 0 Å². The van der Waals surface area contributed by atoms with Gasteiger partial charge >= 0.3 is 11.8 Å². The molecule has 2 aromatic carbocycles. The Kier molecular flexibility index (Phi) is 5.71. The van der Waals surface area contributed by atoms with Crippen molar-refractivity contribution >= 4 is 58.0 Å². The van der Waals surface area contributed by atoms with Crippen LogP contribution in [0.1, 0.15) is 0 Å². The largest absolute Gasteiger partial charge is 0.495 e. The highest BCUT2D eigenvalue weighted by atomic mass is 35.5. The lowest BCUT2D eigenvalue weighted by Gasteiger charge is -2.11. The molecule has 0 spiro atoms. The maximum Gasteiger partial charge on any atom is 0.314 e. The summed E-state index contributed by atoms with van der Waals surface area (Å²) in [7, 11) is 1.44. The molecule has 0 aliphatic carbocycles. The van der Waals surface area contributed by atoms with Crippen molar-refractivity contribution in [2.45, 2.75) is 0 Å². The first-order valence-electron chi connectivity index (χ1n) is 6.31. The van der Waals surface area contributed by atoms with E-state index in [1.807, 2.05) is 0 Å². The number of methoxy groups -OCH3 is 1. The van der Waals surface area contributed by atoms with Crippen molar-refractivity contribution in [3.63, 3.8) is 0 Å². The van der Waals surface area contributed by atoms with Gasteiger partial charge in [-0.3, -0.25) is 9.59 Å². The standard InChI is InChI=1S/C15H11Cl3N2O3/c1-23-13-5-3-9(17)7-12(13)20-15(22)14(21)19-11-6-8(16)2-4-10(11)18/h2-7H,1H3,(H,19,21)(H,20,22). The summed E-state index contributed by atoms with van der Waals surface area (Å²) in [6, 6.07) is 9.16. The van der Waals surface area contributed by atoms with Crippen LogP contribution in [0.3, 0.4) is 0 Å². The number of carbonyl (C=O) groups is 2. The summed E-state index contributed by atoms with van der Waals surface area (Å²) in [5.41, 5.74) is 0.509. The van der Waals surface area contributed by atoms with Crippen LogP contribution in [0.2, 0.25) is 15.1 Å². The molecule has 120 valence electrons. The maximum absolute atomic E-state index is 12.0. The zero-order valence-electron chi connectivity index (χ0n) is 11.8. The van der Waals surface area contributed by atoms with E-state index in [1.165, 1.54) is 25.3 Å². The predicted octanol–water partition coefficient (Wildman–Crippen LogP) is 4.23. The van der Waals surface area contributed by atoms with Crippen LogP contribution in [0.25, 0.3) is 0 Å². The van der Waals surface area contributed by atoms with Gasteiger partial charge in [-0.05, 0) is 36.4 Å². The third-order valence-electron chi connectivity index (χ3n) is 2.79. The minimum absolute atomic E-state index is 0.234. The van der Waals surface area contributed by atoms with Gasteiger partial charge in [0.25, 0.3) is 0 Å². The van der Waals surface area contributed by atoms with Crippen LogP contribution < -0.4 is 15.4 Å². The number of rotatable bonds is 3. The highest BCUT2D eigenvalue weighted by molar-refractivity contribution is 6.45. The molecular weight excluding hydrogens is 363 g/mol. The number of benzene rings is 2. The van der Waals surface area contributed by atoms with Gasteiger partial charge in [-0.15, -0.1) is 0 Å². The van der Waals surface area contributed by atoms with E-state index in [9.17, 15) is 9.59 Å². The first kappa shape index (κ1) is 17.4. The molecule has 0 saturated carbocycles. The average Bonchev–Trinajstić information content (AvgIpc) is 2.51. The molecule has 0 aliphatic rings. The SMILES string of the molecule is COc1ccc(Cl)cc1NC(=O)C(=O)Nc1cc(Cl)ccc1Cl. The second-order valence-electron chi connectivity index (χ2n) is 4.38. The number of ether oxygens (including phenoxy) is 1. The van der Waals surface area contributed by atoms with Gasteiger partial charge in [0.2, 0.25) is 0 Å². The Labute approximate surface area is 147 Å². The Bertz CT molecular complexity index is 766. The minimum Gasteiger partial charge on any atom is -0.495 e. The fourth-order valence-electron chi connectivity index (χ4n) is 1.73. The monoisotopic (exact) mass is 372 g/mol. The Morgan fingerprint density at radius 2 is 1.39 bits per heavy atom. The molecule has 2 N–H and O–H groups in total. The zero-order chi connectivity index (χ0) is 17.0.